The molecule has 0 bridgehead atoms. The lowest BCUT2D eigenvalue weighted by Crippen LogP contribution is -2.16. The monoisotopic (exact) mass is 397 g/mol. The van der Waals surface area contributed by atoms with Crippen molar-refractivity contribution in [1.29, 1.82) is 0 Å². The van der Waals surface area contributed by atoms with E-state index in [-0.39, 0.29) is 18.1 Å². The number of nitrogens with zero attached hydrogens (tertiary/aromatic N) is 1. The molecule has 3 aromatic rings. The molecule has 27 heavy (non-hydrogen) atoms. The molecule has 2 amide bonds. The number of aromatic nitrogens is 1. The second kappa shape index (κ2) is 8.83. The highest BCUT2D eigenvalue weighted by atomic mass is 32.2. The first-order valence-electron chi connectivity index (χ1n) is 8.32. The van der Waals surface area contributed by atoms with E-state index in [4.69, 9.17) is 5.73 Å². The Morgan fingerprint density at radius 2 is 1.89 bits per heavy atom. The fourth-order valence-corrected chi connectivity index (χ4v) is 3.99. The van der Waals surface area contributed by atoms with E-state index in [0.29, 0.717) is 5.69 Å². The Labute approximate surface area is 166 Å². The molecule has 0 saturated heterocycles. The maximum Gasteiger partial charge on any atom is 0.230 e. The van der Waals surface area contributed by atoms with Gasteiger partial charge in [-0.25, -0.2) is 4.98 Å². The van der Waals surface area contributed by atoms with Gasteiger partial charge in [-0.15, -0.1) is 23.1 Å². The zero-order valence-electron chi connectivity index (χ0n) is 14.8. The summed E-state index contributed by atoms with van der Waals surface area (Å²) in [6.45, 7) is 2.04. The molecule has 138 valence electrons. The van der Waals surface area contributed by atoms with Crippen molar-refractivity contribution in [2.24, 2.45) is 5.73 Å². The standard InChI is InChI=1S/C20H19N3O2S2/c1-13-6-8-14(9-7-13)20-22-15(11-27-20)10-19(25)23-16-4-2-3-5-17(16)26-12-18(21)24/h2-9,11H,10,12H2,1H3,(H2,21,24)(H,23,25). The number of primary amides is 1. The molecule has 3 rings (SSSR count). The van der Waals surface area contributed by atoms with Gasteiger partial charge in [0.25, 0.3) is 0 Å². The first kappa shape index (κ1) is 19.1. The second-order valence-corrected chi connectivity index (χ2v) is 7.86. The Kier molecular flexibility index (Phi) is 6.26. The minimum atomic E-state index is -0.396. The van der Waals surface area contributed by atoms with Crippen molar-refractivity contribution in [3.63, 3.8) is 0 Å². The highest BCUT2D eigenvalue weighted by Crippen LogP contribution is 2.27. The number of carbonyl (C=O) groups is 2. The fraction of sp³-hybridized carbons (Fsp3) is 0.150. The van der Waals surface area contributed by atoms with Crippen LogP contribution in [0.2, 0.25) is 0 Å². The molecule has 1 heterocycles. The van der Waals surface area contributed by atoms with Crippen molar-refractivity contribution in [3.8, 4) is 10.6 Å². The van der Waals surface area contributed by atoms with Crippen LogP contribution in [0.1, 0.15) is 11.3 Å². The van der Waals surface area contributed by atoms with Gasteiger partial charge in [0.15, 0.2) is 0 Å². The van der Waals surface area contributed by atoms with E-state index in [1.807, 2.05) is 54.8 Å². The predicted octanol–water partition coefficient (Wildman–Crippen LogP) is 3.88. The molecule has 5 nitrogen and oxygen atoms in total. The number of aryl methyl sites for hydroxylation is 1. The quantitative estimate of drug-likeness (QED) is 0.593. The van der Waals surface area contributed by atoms with Gasteiger partial charge < -0.3 is 11.1 Å². The van der Waals surface area contributed by atoms with E-state index in [2.05, 4.69) is 10.3 Å². The van der Waals surface area contributed by atoms with Crippen LogP contribution in [0.25, 0.3) is 10.6 Å². The molecule has 0 saturated carbocycles. The summed E-state index contributed by atoms with van der Waals surface area (Å²) in [5, 5.41) is 5.70. The number of thioether (sulfide) groups is 1. The van der Waals surface area contributed by atoms with E-state index < -0.39 is 5.91 Å². The number of hydrogen-bond acceptors (Lipinski definition) is 5. The van der Waals surface area contributed by atoms with Crippen LogP contribution in [0.15, 0.2) is 58.8 Å². The number of rotatable bonds is 7. The molecule has 2 aromatic carbocycles. The average Bonchev–Trinajstić information content (AvgIpc) is 3.09. The van der Waals surface area contributed by atoms with Crippen LogP contribution in [-0.4, -0.2) is 22.6 Å². The lowest BCUT2D eigenvalue weighted by molar-refractivity contribution is -0.116. The van der Waals surface area contributed by atoms with Gasteiger partial charge in [-0.05, 0) is 19.1 Å². The first-order chi connectivity index (χ1) is 13.0. The van der Waals surface area contributed by atoms with Gasteiger partial charge in [-0.3, -0.25) is 9.59 Å². The van der Waals surface area contributed by atoms with Crippen LogP contribution < -0.4 is 11.1 Å². The largest absolute Gasteiger partial charge is 0.369 e. The Balaban J connectivity index is 1.65. The molecule has 0 spiro atoms. The van der Waals surface area contributed by atoms with E-state index >= 15 is 0 Å². The molecular formula is C20H19N3O2S2. The van der Waals surface area contributed by atoms with Crippen molar-refractivity contribution in [2.75, 3.05) is 11.1 Å². The van der Waals surface area contributed by atoms with E-state index in [9.17, 15) is 9.59 Å². The molecule has 0 aliphatic rings. The topological polar surface area (TPSA) is 85.1 Å². The number of carbonyl (C=O) groups excluding carboxylic acids is 2. The normalized spacial score (nSPS) is 10.6. The van der Waals surface area contributed by atoms with Gasteiger partial charge in [0.05, 0.1) is 23.6 Å². The van der Waals surface area contributed by atoms with Crippen molar-refractivity contribution < 1.29 is 9.59 Å². The number of thiazole rings is 1. The van der Waals surface area contributed by atoms with Crippen molar-refractivity contribution in [1.82, 2.24) is 4.98 Å². The molecular weight excluding hydrogens is 378 g/mol. The van der Waals surface area contributed by atoms with Crippen molar-refractivity contribution in [3.05, 3.63) is 65.2 Å². The minimum absolute atomic E-state index is 0.150. The van der Waals surface area contributed by atoms with Crippen LogP contribution in [0.3, 0.4) is 0 Å². The summed E-state index contributed by atoms with van der Waals surface area (Å²) in [6, 6.07) is 15.5. The maximum atomic E-state index is 12.4. The highest BCUT2D eigenvalue weighted by molar-refractivity contribution is 8.00. The summed E-state index contributed by atoms with van der Waals surface area (Å²) in [6.07, 6.45) is 0.192. The third-order valence-electron chi connectivity index (χ3n) is 3.72. The molecule has 1 aromatic heterocycles. The second-order valence-electron chi connectivity index (χ2n) is 5.99. The maximum absolute atomic E-state index is 12.4. The summed E-state index contributed by atoms with van der Waals surface area (Å²) in [7, 11) is 0. The van der Waals surface area contributed by atoms with Gasteiger partial charge in [-0.2, -0.15) is 0 Å². The van der Waals surface area contributed by atoms with Crippen molar-refractivity contribution >= 4 is 40.6 Å². The number of nitrogens with two attached hydrogens (primary N) is 1. The van der Waals surface area contributed by atoms with Crippen LogP contribution in [0.5, 0.6) is 0 Å². The number of benzene rings is 2. The van der Waals surface area contributed by atoms with Gasteiger partial charge in [-0.1, -0.05) is 42.0 Å². The molecule has 0 aliphatic heterocycles. The van der Waals surface area contributed by atoms with Gasteiger partial charge in [0.2, 0.25) is 11.8 Å². The number of para-hydroxylation sites is 1. The molecule has 0 fully saturated rings. The number of amides is 2. The van der Waals surface area contributed by atoms with Gasteiger partial charge in [0, 0.05) is 15.8 Å². The third-order valence-corrected chi connectivity index (χ3v) is 5.76. The molecule has 0 aliphatic carbocycles. The predicted molar refractivity (Wildman–Crippen MR) is 111 cm³/mol. The van der Waals surface area contributed by atoms with E-state index in [1.165, 1.54) is 28.7 Å². The highest BCUT2D eigenvalue weighted by Gasteiger charge is 2.12. The SMILES string of the molecule is Cc1ccc(-c2nc(CC(=O)Nc3ccccc3SCC(N)=O)cs2)cc1. The van der Waals surface area contributed by atoms with Crippen LogP contribution in [-0.2, 0) is 16.0 Å². The summed E-state index contributed by atoms with van der Waals surface area (Å²) >= 11 is 2.83. The summed E-state index contributed by atoms with van der Waals surface area (Å²) in [5.74, 6) is -0.381. The number of nitrogens with one attached hydrogen (secondary N) is 1. The zero-order valence-corrected chi connectivity index (χ0v) is 16.4. The molecule has 3 N–H and O–H groups in total. The van der Waals surface area contributed by atoms with Gasteiger partial charge >= 0.3 is 0 Å². The molecule has 0 unspecified atom stereocenters. The fourth-order valence-electron chi connectivity index (χ4n) is 2.42. The van der Waals surface area contributed by atoms with Gasteiger partial charge in [0.1, 0.15) is 5.01 Å². The Morgan fingerprint density at radius 3 is 2.63 bits per heavy atom. The molecule has 0 atom stereocenters. The lowest BCUT2D eigenvalue weighted by Gasteiger charge is -2.09. The smallest absolute Gasteiger partial charge is 0.230 e. The van der Waals surface area contributed by atoms with Crippen LogP contribution in [0.4, 0.5) is 5.69 Å². The Morgan fingerprint density at radius 1 is 1.15 bits per heavy atom. The Bertz CT molecular complexity index is 952. The summed E-state index contributed by atoms with van der Waals surface area (Å²) in [5.41, 5.74) is 8.84. The van der Waals surface area contributed by atoms with Crippen LogP contribution in [0, 0.1) is 6.92 Å². The minimum Gasteiger partial charge on any atom is -0.369 e. The summed E-state index contributed by atoms with van der Waals surface area (Å²) in [4.78, 5) is 28.8. The van der Waals surface area contributed by atoms with Crippen molar-refractivity contribution in [2.45, 2.75) is 18.2 Å². The lowest BCUT2D eigenvalue weighted by atomic mass is 10.2. The van der Waals surface area contributed by atoms with E-state index in [1.54, 1.807) is 6.07 Å². The molecule has 7 heteroatoms. The number of anilines is 1. The first-order valence-corrected chi connectivity index (χ1v) is 10.2. The van der Waals surface area contributed by atoms with E-state index in [0.717, 1.165) is 21.2 Å². The number of hydrogen-bond donors (Lipinski definition) is 2. The molecule has 0 radical (unpaired) electrons. The average molecular weight is 398 g/mol. The zero-order chi connectivity index (χ0) is 19.2. The summed E-state index contributed by atoms with van der Waals surface area (Å²) < 4.78 is 0. The van der Waals surface area contributed by atoms with Crippen LogP contribution >= 0.6 is 23.1 Å². The Hall–Kier alpha value is -2.64. The third kappa shape index (κ3) is 5.42.